The first-order valence-electron chi connectivity index (χ1n) is 6.78. The minimum absolute atomic E-state index is 0.341. The lowest BCUT2D eigenvalue weighted by molar-refractivity contribution is 0.311. The fourth-order valence-electron chi connectivity index (χ4n) is 1.93. The van der Waals surface area contributed by atoms with Crippen LogP contribution in [0.5, 0.6) is 5.75 Å². The van der Waals surface area contributed by atoms with E-state index in [-0.39, 0.29) is 0 Å². The summed E-state index contributed by atoms with van der Waals surface area (Å²) in [5.41, 5.74) is 1.32. The number of hydrogen-bond donors (Lipinski definition) is 1. The maximum Gasteiger partial charge on any atom is 0.129 e. The highest BCUT2D eigenvalue weighted by molar-refractivity contribution is 7.99. The Hall–Kier alpha value is -1.45. The summed E-state index contributed by atoms with van der Waals surface area (Å²) in [4.78, 5) is 4.33. The standard InChI is InChI=1S/C17H21NOS/c1-13(18(2)3)12-14-8-4-6-10-16(14)20-17-11-7-5-9-15(17)19/h4-11,13,19H,12H2,1-3H3/t13-/m1/s1. The molecule has 0 radical (unpaired) electrons. The van der Waals surface area contributed by atoms with Crippen molar-refractivity contribution in [3.63, 3.8) is 0 Å². The van der Waals surface area contributed by atoms with E-state index in [1.165, 1.54) is 10.5 Å². The molecular weight excluding hydrogens is 266 g/mol. The molecule has 0 spiro atoms. The monoisotopic (exact) mass is 287 g/mol. The fraction of sp³-hybridized carbons (Fsp3) is 0.294. The Bertz CT molecular complexity index is 568. The van der Waals surface area contributed by atoms with E-state index in [2.05, 4.69) is 44.1 Å². The number of phenols is 1. The summed E-state index contributed by atoms with van der Waals surface area (Å²) in [7, 11) is 4.20. The molecule has 0 aromatic heterocycles. The first-order chi connectivity index (χ1) is 9.58. The van der Waals surface area contributed by atoms with Crippen LogP contribution < -0.4 is 0 Å². The molecule has 1 atom stereocenters. The van der Waals surface area contributed by atoms with Crippen molar-refractivity contribution < 1.29 is 5.11 Å². The molecule has 0 fully saturated rings. The number of para-hydroxylation sites is 1. The zero-order valence-electron chi connectivity index (χ0n) is 12.2. The number of rotatable bonds is 5. The second-order valence-electron chi connectivity index (χ2n) is 5.19. The van der Waals surface area contributed by atoms with Crippen molar-refractivity contribution in [2.24, 2.45) is 0 Å². The Kier molecular flexibility index (Phi) is 5.10. The van der Waals surface area contributed by atoms with Crippen molar-refractivity contribution in [1.29, 1.82) is 0 Å². The fourth-order valence-corrected chi connectivity index (χ4v) is 2.92. The summed E-state index contributed by atoms with van der Waals surface area (Å²) in [6, 6.07) is 16.4. The number of nitrogens with zero attached hydrogens (tertiary/aromatic N) is 1. The molecule has 0 amide bonds. The molecule has 2 rings (SSSR count). The summed E-state index contributed by atoms with van der Waals surface area (Å²) < 4.78 is 0. The molecule has 2 nitrogen and oxygen atoms in total. The van der Waals surface area contributed by atoms with Crippen LogP contribution in [-0.4, -0.2) is 30.1 Å². The number of aromatic hydroxyl groups is 1. The lowest BCUT2D eigenvalue weighted by Gasteiger charge is -2.21. The first kappa shape index (κ1) is 14.9. The van der Waals surface area contributed by atoms with Crippen LogP contribution in [0.3, 0.4) is 0 Å². The van der Waals surface area contributed by atoms with E-state index in [1.807, 2.05) is 24.3 Å². The van der Waals surface area contributed by atoms with E-state index in [1.54, 1.807) is 17.8 Å². The Labute approximate surface area is 125 Å². The van der Waals surface area contributed by atoms with E-state index >= 15 is 0 Å². The minimum Gasteiger partial charge on any atom is -0.507 e. The average molecular weight is 287 g/mol. The van der Waals surface area contributed by atoms with Gasteiger partial charge in [0.25, 0.3) is 0 Å². The topological polar surface area (TPSA) is 23.5 Å². The quantitative estimate of drug-likeness (QED) is 0.898. The van der Waals surface area contributed by atoms with Gasteiger partial charge in [-0.1, -0.05) is 42.1 Å². The van der Waals surface area contributed by atoms with Crippen LogP contribution in [0.2, 0.25) is 0 Å². The van der Waals surface area contributed by atoms with E-state index in [4.69, 9.17) is 0 Å². The van der Waals surface area contributed by atoms with Crippen molar-refractivity contribution in [3.8, 4) is 5.75 Å². The van der Waals surface area contributed by atoms with Crippen LogP contribution in [0.15, 0.2) is 58.3 Å². The van der Waals surface area contributed by atoms with E-state index in [0.29, 0.717) is 11.8 Å². The zero-order valence-corrected chi connectivity index (χ0v) is 13.0. The highest BCUT2D eigenvalue weighted by Gasteiger charge is 2.11. The molecule has 0 unspecified atom stereocenters. The molecular formula is C17H21NOS. The van der Waals surface area contributed by atoms with Crippen molar-refractivity contribution in [2.45, 2.75) is 29.2 Å². The van der Waals surface area contributed by atoms with Gasteiger partial charge in [-0.2, -0.15) is 0 Å². The van der Waals surface area contributed by atoms with Crippen molar-refractivity contribution >= 4 is 11.8 Å². The summed E-state index contributed by atoms with van der Waals surface area (Å²) in [5.74, 6) is 0.341. The van der Waals surface area contributed by atoms with Crippen LogP contribution in [0.4, 0.5) is 0 Å². The van der Waals surface area contributed by atoms with Gasteiger partial charge in [-0.25, -0.2) is 0 Å². The molecule has 20 heavy (non-hydrogen) atoms. The van der Waals surface area contributed by atoms with Gasteiger partial charge < -0.3 is 10.0 Å². The minimum atomic E-state index is 0.341. The molecule has 0 bridgehead atoms. The first-order valence-corrected chi connectivity index (χ1v) is 7.59. The molecule has 0 aliphatic rings. The molecule has 2 aromatic carbocycles. The van der Waals surface area contributed by atoms with Gasteiger partial charge in [0.05, 0.1) is 4.90 Å². The van der Waals surface area contributed by atoms with Gasteiger partial charge in [-0.15, -0.1) is 0 Å². The van der Waals surface area contributed by atoms with Gasteiger partial charge in [-0.3, -0.25) is 0 Å². The highest BCUT2D eigenvalue weighted by atomic mass is 32.2. The third kappa shape index (κ3) is 3.78. The summed E-state index contributed by atoms with van der Waals surface area (Å²) in [5, 5.41) is 9.90. The molecule has 0 aliphatic carbocycles. The third-order valence-electron chi connectivity index (χ3n) is 3.45. The normalized spacial score (nSPS) is 12.6. The number of likely N-dealkylation sites (N-methyl/N-ethyl adjacent to an activating group) is 1. The predicted molar refractivity (Wildman–Crippen MR) is 85.5 cm³/mol. The summed E-state index contributed by atoms with van der Waals surface area (Å²) in [6.45, 7) is 2.22. The molecule has 0 saturated heterocycles. The van der Waals surface area contributed by atoms with Crippen LogP contribution >= 0.6 is 11.8 Å². The molecule has 1 N–H and O–H groups in total. The largest absolute Gasteiger partial charge is 0.507 e. The SMILES string of the molecule is C[C@H](Cc1ccccc1Sc1ccccc1O)N(C)C. The second kappa shape index (κ2) is 6.82. The highest BCUT2D eigenvalue weighted by Crippen LogP contribution is 2.36. The van der Waals surface area contributed by atoms with Crippen LogP contribution in [0, 0.1) is 0 Å². The van der Waals surface area contributed by atoms with Crippen molar-refractivity contribution in [1.82, 2.24) is 4.90 Å². The van der Waals surface area contributed by atoms with Crippen molar-refractivity contribution in [3.05, 3.63) is 54.1 Å². The van der Waals surface area contributed by atoms with Gasteiger partial charge in [0, 0.05) is 10.9 Å². The van der Waals surface area contributed by atoms with E-state index in [9.17, 15) is 5.11 Å². The van der Waals surface area contributed by atoms with Crippen LogP contribution in [0.25, 0.3) is 0 Å². The van der Waals surface area contributed by atoms with Crippen LogP contribution in [-0.2, 0) is 6.42 Å². The Morgan fingerprint density at radius 1 is 1.00 bits per heavy atom. The average Bonchev–Trinajstić information content (AvgIpc) is 2.43. The number of phenolic OH excluding ortho intramolecular Hbond substituents is 1. The molecule has 3 heteroatoms. The van der Waals surface area contributed by atoms with Gasteiger partial charge in [0.15, 0.2) is 0 Å². The maximum atomic E-state index is 9.90. The second-order valence-corrected chi connectivity index (χ2v) is 6.28. The lowest BCUT2D eigenvalue weighted by atomic mass is 10.1. The van der Waals surface area contributed by atoms with Crippen LogP contribution in [0.1, 0.15) is 12.5 Å². The van der Waals surface area contributed by atoms with Gasteiger partial charge >= 0.3 is 0 Å². The molecule has 0 heterocycles. The van der Waals surface area contributed by atoms with Crippen molar-refractivity contribution in [2.75, 3.05) is 14.1 Å². The zero-order chi connectivity index (χ0) is 14.5. The Balaban J connectivity index is 2.22. The molecule has 0 saturated carbocycles. The van der Waals surface area contributed by atoms with E-state index < -0.39 is 0 Å². The third-order valence-corrected chi connectivity index (χ3v) is 4.64. The predicted octanol–water partition coefficient (Wildman–Crippen LogP) is 4.04. The van der Waals surface area contributed by atoms with Gasteiger partial charge in [0.1, 0.15) is 5.75 Å². The molecule has 0 aliphatic heterocycles. The van der Waals surface area contributed by atoms with Gasteiger partial charge in [0.2, 0.25) is 0 Å². The van der Waals surface area contributed by atoms with E-state index in [0.717, 1.165) is 11.3 Å². The summed E-state index contributed by atoms with van der Waals surface area (Å²) in [6.07, 6.45) is 1.00. The van der Waals surface area contributed by atoms with Gasteiger partial charge in [-0.05, 0) is 51.2 Å². The molecule has 2 aromatic rings. The Morgan fingerprint density at radius 3 is 2.25 bits per heavy atom. The Morgan fingerprint density at radius 2 is 1.60 bits per heavy atom. The number of benzene rings is 2. The number of hydrogen-bond acceptors (Lipinski definition) is 3. The lowest BCUT2D eigenvalue weighted by Crippen LogP contribution is -2.26. The summed E-state index contributed by atoms with van der Waals surface area (Å²) >= 11 is 1.63. The maximum absolute atomic E-state index is 9.90. The smallest absolute Gasteiger partial charge is 0.129 e. The molecule has 106 valence electrons.